The molecule has 0 heterocycles. The van der Waals surface area contributed by atoms with E-state index in [1.165, 1.54) is 12.1 Å². The maximum absolute atomic E-state index is 12.4. The zero-order valence-electron chi connectivity index (χ0n) is 6.55. The summed E-state index contributed by atoms with van der Waals surface area (Å²) in [6, 6.07) is 6.15. The van der Waals surface area contributed by atoms with Crippen molar-refractivity contribution in [3.8, 4) is 11.8 Å². The average Bonchev–Trinajstić information content (AvgIpc) is 2.09. The molecule has 62 valence electrons. The van der Waals surface area contributed by atoms with Crippen molar-refractivity contribution in [2.24, 2.45) is 0 Å². The van der Waals surface area contributed by atoms with E-state index in [4.69, 9.17) is 0 Å². The van der Waals surface area contributed by atoms with Crippen LogP contribution in [0.25, 0.3) is 0 Å². The quantitative estimate of drug-likeness (QED) is 0.498. The molecule has 0 N–H and O–H groups in total. The Labute approximate surface area is 77.2 Å². The lowest BCUT2D eigenvalue weighted by atomic mass is 10.2. The first-order chi connectivity index (χ1) is 5.83. The molecule has 0 radical (unpaired) electrons. The van der Waals surface area contributed by atoms with Gasteiger partial charge in [0.15, 0.2) is 0 Å². The zero-order valence-corrected chi connectivity index (χ0v) is 7.44. The normalized spacial score (nSPS) is 8.83. The highest BCUT2D eigenvalue weighted by Crippen LogP contribution is 2.00. The van der Waals surface area contributed by atoms with Crippen molar-refractivity contribution >= 4 is 12.6 Å². The maximum Gasteiger partial charge on any atom is 0.123 e. The summed E-state index contributed by atoms with van der Waals surface area (Å²) in [5.74, 6) is 6.36. The molecular formula is C10H9FS. The lowest BCUT2D eigenvalue weighted by molar-refractivity contribution is 0.627. The molecule has 0 nitrogen and oxygen atoms in total. The summed E-state index contributed by atoms with van der Waals surface area (Å²) in [4.78, 5) is 0. The molecule has 0 atom stereocenters. The standard InChI is InChI=1S/C10H9FS/c11-10-6-4-9(5-7-10)3-1-2-8-12/h4-7,12H,2,8H2. The molecule has 0 bridgehead atoms. The predicted octanol–water partition coefficient (Wildman–Crippen LogP) is 2.50. The molecule has 1 rings (SSSR count). The Morgan fingerprint density at radius 3 is 2.50 bits per heavy atom. The van der Waals surface area contributed by atoms with Gasteiger partial charge in [0.25, 0.3) is 0 Å². The Hall–Kier alpha value is -0.940. The van der Waals surface area contributed by atoms with Gasteiger partial charge in [0.05, 0.1) is 0 Å². The lowest BCUT2D eigenvalue weighted by Crippen LogP contribution is -1.76. The van der Waals surface area contributed by atoms with Gasteiger partial charge in [-0.1, -0.05) is 11.8 Å². The smallest absolute Gasteiger partial charge is 0.123 e. The van der Waals surface area contributed by atoms with Crippen LogP contribution < -0.4 is 0 Å². The van der Waals surface area contributed by atoms with Crippen LogP contribution in [0.5, 0.6) is 0 Å². The van der Waals surface area contributed by atoms with Crippen LogP contribution in [0.4, 0.5) is 4.39 Å². The largest absolute Gasteiger partial charge is 0.207 e. The molecular weight excluding hydrogens is 171 g/mol. The molecule has 2 heteroatoms. The van der Waals surface area contributed by atoms with Gasteiger partial charge in [-0.15, -0.1) is 0 Å². The molecule has 0 aliphatic heterocycles. The second-order valence-corrected chi connectivity index (χ2v) is 2.73. The van der Waals surface area contributed by atoms with E-state index in [1.807, 2.05) is 0 Å². The highest BCUT2D eigenvalue weighted by Gasteiger charge is 1.87. The van der Waals surface area contributed by atoms with Gasteiger partial charge in [-0.25, -0.2) is 4.39 Å². The van der Waals surface area contributed by atoms with E-state index in [2.05, 4.69) is 24.5 Å². The van der Waals surface area contributed by atoms with Gasteiger partial charge >= 0.3 is 0 Å². The number of halogens is 1. The summed E-state index contributed by atoms with van der Waals surface area (Å²) < 4.78 is 12.4. The molecule has 0 fully saturated rings. The maximum atomic E-state index is 12.4. The Balaban J connectivity index is 2.66. The van der Waals surface area contributed by atoms with Crippen molar-refractivity contribution in [3.05, 3.63) is 35.6 Å². The van der Waals surface area contributed by atoms with Crippen molar-refractivity contribution in [1.29, 1.82) is 0 Å². The second-order valence-electron chi connectivity index (χ2n) is 2.28. The molecule has 0 unspecified atom stereocenters. The molecule has 0 spiro atoms. The molecule has 0 aromatic heterocycles. The monoisotopic (exact) mass is 180 g/mol. The SMILES string of the molecule is Fc1ccc(C#CCCS)cc1. The molecule has 1 aromatic carbocycles. The van der Waals surface area contributed by atoms with Crippen LogP contribution in [-0.2, 0) is 0 Å². The molecule has 0 aliphatic carbocycles. The second kappa shape index (κ2) is 4.84. The topological polar surface area (TPSA) is 0 Å². The number of benzene rings is 1. The molecule has 12 heavy (non-hydrogen) atoms. The minimum Gasteiger partial charge on any atom is -0.207 e. The van der Waals surface area contributed by atoms with Gasteiger partial charge in [0.2, 0.25) is 0 Å². The summed E-state index contributed by atoms with van der Waals surface area (Å²) in [6.45, 7) is 0. The van der Waals surface area contributed by atoms with Crippen LogP contribution in [0.3, 0.4) is 0 Å². The average molecular weight is 180 g/mol. The first-order valence-electron chi connectivity index (χ1n) is 3.68. The summed E-state index contributed by atoms with van der Waals surface area (Å²) in [5.41, 5.74) is 0.846. The fraction of sp³-hybridized carbons (Fsp3) is 0.200. The van der Waals surface area contributed by atoms with E-state index >= 15 is 0 Å². The number of rotatable bonds is 1. The minimum absolute atomic E-state index is 0.227. The minimum atomic E-state index is -0.227. The van der Waals surface area contributed by atoms with E-state index in [0.29, 0.717) is 0 Å². The van der Waals surface area contributed by atoms with Gasteiger partial charge in [-0.3, -0.25) is 0 Å². The third kappa shape index (κ3) is 2.98. The first kappa shape index (κ1) is 9.15. The van der Waals surface area contributed by atoms with Gasteiger partial charge in [0, 0.05) is 17.7 Å². The van der Waals surface area contributed by atoms with Crippen molar-refractivity contribution in [2.45, 2.75) is 6.42 Å². The molecule has 0 saturated heterocycles. The van der Waals surface area contributed by atoms with Crippen LogP contribution in [0, 0.1) is 17.7 Å². The molecule has 0 aliphatic rings. The van der Waals surface area contributed by atoms with Crippen molar-refractivity contribution in [3.63, 3.8) is 0 Å². The van der Waals surface area contributed by atoms with Crippen molar-refractivity contribution in [2.75, 3.05) is 5.75 Å². The fourth-order valence-corrected chi connectivity index (χ4v) is 0.865. The Bertz CT molecular complexity index is 292. The molecule has 0 saturated carbocycles. The summed E-state index contributed by atoms with van der Waals surface area (Å²) >= 11 is 4.02. The van der Waals surface area contributed by atoms with Crippen LogP contribution in [0.15, 0.2) is 24.3 Å². The highest BCUT2D eigenvalue weighted by atomic mass is 32.1. The van der Waals surface area contributed by atoms with Crippen LogP contribution in [0.2, 0.25) is 0 Å². The van der Waals surface area contributed by atoms with Gasteiger partial charge in [-0.05, 0) is 24.3 Å². The Morgan fingerprint density at radius 1 is 1.25 bits per heavy atom. The van der Waals surface area contributed by atoms with E-state index < -0.39 is 0 Å². The predicted molar refractivity (Wildman–Crippen MR) is 51.7 cm³/mol. The number of thiol groups is 1. The number of hydrogen-bond donors (Lipinski definition) is 1. The number of hydrogen-bond acceptors (Lipinski definition) is 1. The summed E-state index contributed by atoms with van der Waals surface area (Å²) in [6.07, 6.45) is 0.764. The summed E-state index contributed by atoms with van der Waals surface area (Å²) in [7, 11) is 0. The molecule has 1 aromatic rings. The summed E-state index contributed by atoms with van der Waals surface area (Å²) in [5, 5.41) is 0. The van der Waals surface area contributed by atoms with E-state index in [1.54, 1.807) is 12.1 Å². The Kier molecular flexibility index (Phi) is 3.69. The van der Waals surface area contributed by atoms with Crippen LogP contribution in [-0.4, -0.2) is 5.75 Å². The van der Waals surface area contributed by atoms with Gasteiger partial charge in [-0.2, -0.15) is 12.6 Å². The Morgan fingerprint density at radius 2 is 1.92 bits per heavy atom. The fourth-order valence-electron chi connectivity index (χ4n) is 0.754. The zero-order chi connectivity index (χ0) is 8.81. The van der Waals surface area contributed by atoms with E-state index in [-0.39, 0.29) is 5.82 Å². The lowest BCUT2D eigenvalue weighted by Gasteiger charge is -1.88. The van der Waals surface area contributed by atoms with E-state index in [0.717, 1.165) is 17.7 Å². The van der Waals surface area contributed by atoms with Crippen molar-refractivity contribution in [1.82, 2.24) is 0 Å². The van der Waals surface area contributed by atoms with Crippen LogP contribution in [0.1, 0.15) is 12.0 Å². The van der Waals surface area contributed by atoms with Gasteiger partial charge < -0.3 is 0 Å². The van der Waals surface area contributed by atoms with Crippen LogP contribution >= 0.6 is 12.6 Å². The third-order valence-electron chi connectivity index (χ3n) is 1.31. The molecule has 0 amide bonds. The third-order valence-corrected chi connectivity index (χ3v) is 1.54. The van der Waals surface area contributed by atoms with E-state index in [9.17, 15) is 4.39 Å². The van der Waals surface area contributed by atoms with Crippen molar-refractivity contribution < 1.29 is 4.39 Å². The van der Waals surface area contributed by atoms with Gasteiger partial charge in [0.1, 0.15) is 5.82 Å². The first-order valence-corrected chi connectivity index (χ1v) is 4.31. The highest BCUT2D eigenvalue weighted by molar-refractivity contribution is 7.80.